The van der Waals surface area contributed by atoms with Gasteiger partial charge in [0, 0.05) is 37.9 Å². The standard InChI is InChI=1S/C18H26N4O/c1-21(14-17-19-9-5-10-20-17)16-8-11-22(13-16)18(23)12-15-6-3-2-4-7-15/h5-6,9-10,16H,2-4,7-8,11-14H2,1H3/t16-/m1/s1. The van der Waals surface area contributed by atoms with Crippen LogP contribution in [0.5, 0.6) is 0 Å². The zero-order valence-electron chi connectivity index (χ0n) is 13.9. The fourth-order valence-corrected chi connectivity index (χ4v) is 3.46. The largest absolute Gasteiger partial charge is 0.341 e. The van der Waals surface area contributed by atoms with Crippen LogP contribution in [-0.4, -0.2) is 51.9 Å². The van der Waals surface area contributed by atoms with E-state index in [4.69, 9.17) is 0 Å². The van der Waals surface area contributed by atoms with Crippen molar-refractivity contribution in [3.63, 3.8) is 0 Å². The van der Waals surface area contributed by atoms with Crippen molar-refractivity contribution in [2.75, 3.05) is 20.1 Å². The molecule has 124 valence electrons. The first-order valence-electron chi connectivity index (χ1n) is 8.64. The van der Waals surface area contributed by atoms with Crippen molar-refractivity contribution in [1.82, 2.24) is 19.8 Å². The summed E-state index contributed by atoms with van der Waals surface area (Å²) in [5.74, 6) is 1.14. The maximum Gasteiger partial charge on any atom is 0.226 e. The highest BCUT2D eigenvalue weighted by atomic mass is 16.2. The number of allylic oxidation sites excluding steroid dienone is 1. The number of hydrogen-bond donors (Lipinski definition) is 0. The van der Waals surface area contributed by atoms with Crippen molar-refractivity contribution in [2.45, 2.75) is 51.1 Å². The van der Waals surface area contributed by atoms with E-state index in [2.05, 4.69) is 28.0 Å². The molecule has 0 saturated carbocycles. The number of carbonyl (C=O) groups is 1. The predicted octanol–water partition coefficient (Wildman–Crippen LogP) is 2.40. The summed E-state index contributed by atoms with van der Waals surface area (Å²) in [7, 11) is 2.10. The lowest BCUT2D eigenvalue weighted by Crippen LogP contribution is -2.36. The number of carbonyl (C=O) groups excluding carboxylic acids is 1. The molecule has 1 atom stereocenters. The van der Waals surface area contributed by atoms with Crippen LogP contribution < -0.4 is 0 Å². The molecule has 0 N–H and O–H groups in total. The minimum atomic E-state index is 0.296. The van der Waals surface area contributed by atoms with Crippen LogP contribution in [0.3, 0.4) is 0 Å². The SMILES string of the molecule is CN(Cc1ncccn1)[C@@H]1CCN(C(=O)CC2=CCCCC2)C1. The lowest BCUT2D eigenvalue weighted by Gasteiger charge is -2.24. The molecule has 0 radical (unpaired) electrons. The van der Waals surface area contributed by atoms with Gasteiger partial charge in [-0.25, -0.2) is 9.97 Å². The third-order valence-electron chi connectivity index (χ3n) is 4.91. The van der Waals surface area contributed by atoms with Crippen molar-refractivity contribution in [1.29, 1.82) is 0 Å². The molecule has 23 heavy (non-hydrogen) atoms. The van der Waals surface area contributed by atoms with E-state index in [0.29, 0.717) is 18.4 Å². The van der Waals surface area contributed by atoms with E-state index in [1.807, 2.05) is 11.0 Å². The molecule has 1 aliphatic heterocycles. The highest BCUT2D eigenvalue weighted by Gasteiger charge is 2.29. The quantitative estimate of drug-likeness (QED) is 0.783. The second-order valence-electron chi connectivity index (χ2n) is 6.65. The van der Waals surface area contributed by atoms with Gasteiger partial charge in [-0.05, 0) is 45.2 Å². The molecule has 5 nitrogen and oxygen atoms in total. The summed E-state index contributed by atoms with van der Waals surface area (Å²) in [6, 6.07) is 2.24. The zero-order chi connectivity index (χ0) is 16.1. The lowest BCUT2D eigenvalue weighted by atomic mass is 9.97. The normalized spacial score (nSPS) is 21.6. The molecule has 1 aromatic rings. The second kappa shape index (κ2) is 7.68. The Morgan fingerprint density at radius 2 is 2.17 bits per heavy atom. The van der Waals surface area contributed by atoms with Gasteiger partial charge in [-0.15, -0.1) is 0 Å². The minimum absolute atomic E-state index is 0.296. The molecular formula is C18H26N4O. The van der Waals surface area contributed by atoms with Crippen LogP contribution in [0.1, 0.15) is 44.3 Å². The summed E-state index contributed by atoms with van der Waals surface area (Å²) in [5.41, 5.74) is 1.34. The molecule has 1 aromatic heterocycles. The first kappa shape index (κ1) is 16.1. The van der Waals surface area contributed by atoms with Crippen molar-refractivity contribution >= 4 is 5.91 Å². The number of hydrogen-bond acceptors (Lipinski definition) is 4. The predicted molar refractivity (Wildman–Crippen MR) is 89.7 cm³/mol. The maximum atomic E-state index is 12.5. The summed E-state index contributed by atoms with van der Waals surface area (Å²) in [4.78, 5) is 25.3. The van der Waals surface area contributed by atoms with Gasteiger partial charge in [0.05, 0.1) is 6.54 Å². The van der Waals surface area contributed by atoms with Gasteiger partial charge >= 0.3 is 0 Å². The van der Waals surface area contributed by atoms with E-state index in [9.17, 15) is 4.79 Å². The Morgan fingerprint density at radius 3 is 2.91 bits per heavy atom. The second-order valence-corrected chi connectivity index (χ2v) is 6.65. The zero-order valence-corrected chi connectivity index (χ0v) is 13.9. The van der Waals surface area contributed by atoms with Gasteiger partial charge in [-0.1, -0.05) is 11.6 Å². The first-order chi connectivity index (χ1) is 11.2. The van der Waals surface area contributed by atoms with Crippen molar-refractivity contribution in [2.24, 2.45) is 0 Å². The first-order valence-corrected chi connectivity index (χ1v) is 8.64. The molecule has 1 aliphatic carbocycles. The van der Waals surface area contributed by atoms with Gasteiger partial charge in [0.25, 0.3) is 0 Å². The summed E-state index contributed by atoms with van der Waals surface area (Å²) >= 11 is 0. The number of likely N-dealkylation sites (tertiary alicyclic amines) is 1. The van der Waals surface area contributed by atoms with Crippen molar-refractivity contribution < 1.29 is 4.79 Å². The Labute approximate surface area is 138 Å². The van der Waals surface area contributed by atoms with E-state index in [0.717, 1.165) is 44.7 Å². The number of likely N-dealkylation sites (N-methyl/N-ethyl adjacent to an activating group) is 1. The lowest BCUT2D eigenvalue weighted by molar-refractivity contribution is -0.129. The molecular weight excluding hydrogens is 288 g/mol. The fourth-order valence-electron chi connectivity index (χ4n) is 3.46. The third-order valence-corrected chi connectivity index (χ3v) is 4.91. The molecule has 2 heterocycles. The van der Waals surface area contributed by atoms with E-state index in [1.54, 1.807) is 12.4 Å². The highest BCUT2D eigenvalue weighted by Crippen LogP contribution is 2.23. The van der Waals surface area contributed by atoms with Crippen LogP contribution in [0.2, 0.25) is 0 Å². The molecule has 5 heteroatoms. The van der Waals surface area contributed by atoms with Gasteiger partial charge in [-0.3, -0.25) is 9.69 Å². The van der Waals surface area contributed by atoms with Crippen molar-refractivity contribution in [3.8, 4) is 0 Å². The summed E-state index contributed by atoms with van der Waals surface area (Å²) in [6.07, 6.45) is 12.2. The molecule has 0 spiro atoms. The fraction of sp³-hybridized carbons (Fsp3) is 0.611. The molecule has 0 unspecified atom stereocenters. The van der Waals surface area contributed by atoms with E-state index in [1.165, 1.54) is 18.4 Å². The Bertz CT molecular complexity index is 557. The minimum Gasteiger partial charge on any atom is -0.341 e. The smallest absolute Gasteiger partial charge is 0.226 e. The molecule has 3 rings (SSSR count). The molecule has 1 fully saturated rings. The molecule has 1 amide bonds. The average molecular weight is 314 g/mol. The van der Waals surface area contributed by atoms with Crippen LogP contribution in [0, 0.1) is 0 Å². The number of rotatable bonds is 5. The molecule has 0 bridgehead atoms. The monoisotopic (exact) mass is 314 g/mol. The Hall–Kier alpha value is -1.75. The molecule has 1 saturated heterocycles. The molecule has 0 aromatic carbocycles. The Balaban J connectivity index is 1.49. The van der Waals surface area contributed by atoms with Gasteiger partial charge in [0.2, 0.25) is 5.91 Å². The Morgan fingerprint density at radius 1 is 1.35 bits per heavy atom. The highest BCUT2D eigenvalue weighted by molar-refractivity contribution is 5.79. The van der Waals surface area contributed by atoms with Crippen LogP contribution in [-0.2, 0) is 11.3 Å². The van der Waals surface area contributed by atoms with E-state index >= 15 is 0 Å². The van der Waals surface area contributed by atoms with E-state index in [-0.39, 0.29) is 0 Å². The van der Waals surface area contributed by atoms with Gasteiger partial charge in [0.15, 0.2) is 0 Å². The maximum absolute atomic E-state index is 12.5. The number of aromatic nitrogens is 2. The molecule has 2 aliphatic rings. The topological polar surface area (TPSA) is 49.3 Å². The van der Waals surface area contributed by atoms with E-state index < -0.39 is 0 Å². The summed E-state index contributed by atoms with van der Waals surface area (Å²) in [5, 5.41) is 0. The summed E-state index contributed by atoms with van der Waals surface area (Å²) < 4.78 is 0. The Kier molecular flexibility index (Phi) is 5.39. The van der Waals surface area contributed by atoms with Gasteiger partial charge in [0.1, 0.15) is 5.82 Å². The number of nitrogens with zero attached hydrogens (tertiary/aromatic N) is 4. The summed E-state index contributed by atoms with van der Waals surface area (Å²) in [6.45, 7) is 2.44. The van der Waals surface area contributed by atoms with Crippen LogP contribution in [0.4, 0.5) is 0 Å². The van der Waals surface area contributed by atoms with Gasteiger partial charge in [-0.2, -0.15) is 0 Å². The number of amides is 1. The van der Waals surface area contributed by atoms with Crippen LogP contribution >= 0.6 is 0 Å². The average Bonchev–Trinajstić information content (AvgIpc) is 3.07. The van der Waals surface area contributed by atoms with Gasteiger partial charge < -0.3 is 4.90 Å². The van der Waals surface area contributed by atoms with Crippen LogP contribution in [0.15, 0.2) is 30.1 Å². The third kappa shape index (κ3) is 4.38. The van der Waals surface area contributed by atoms with Crippen molar-refractivity contribution in [3.05, 3.63) is 35.9 Å². The van der Waals surface area contributed by atoms with Crippen LogP contribution in [0.25, 0.3) is 0 Å².